The molecule has 0 aliphatic carbocycles. The molecule has 0 unspecified atom stereocenters. The van der Waals surface area contributed by atoms with E-state index >= 15 is 0 Å². The number of hydrogen-bond donors (Lipinski definition) is 0. The lowest BCUT2D eigenvalue weighted by Gasteiger charge is -2.06. The van der Waals surface area contributed by atoms with Crippen LogP contribution in [0.4, 0.5) is 0 Å². The maximum atomic E-state index is 11.3. The van der Waals surface area contributed by atoms with Crippen molar-refractivity contribution in [2.45, 2.75) is 33.6 Å². The molecule has 0 spiro atoms. The maximum absolute atomic E-state index is 11.3. The molecule has 0 aliphatic rings. The van der Waals surface area contributed by atoms with E-state index in [9.17, 15) is 4.79 Å². The van der Waals surface area contributed by atoms with E-state index in [1.54, 1.807) is 13.0 Å². The maximum Gasteiger partial charge on any atom is 0.338 e. The summed E-state index contributed by atoms with van der Waals surface area (Å²) in [5, 5.41) is 0. The van der Waals surface area contributed by atoms with Gasteiger partial charge in [-0.05, 0) is 37.5 Å². The highest BCUT2D eigenvalue weighted by molar-refractivity contribution is 5.89. The van der Waals surface area contributed by atoms with Gasteiger partial charge in [-0.2, -0.15) is 0 Å². The Balaban J connectivity index is 0.000000770. The van der Waals surface area contributed by atoms with Crippen LogP contribution in [0.25, 0.3) is 0 Å². The van der Waals surface area contributed by atoms with Gasteiger partial charge in [-0.3, -0.25) is 0 Å². The van der Waals surface area contributed by atoms with Gasteiger partial charge in [0.2, 0.25) is 0 Å². The van der Waals surface area contributed by atoms with Crippen molar-refractivity contribution in [1.29, 1.82) is 0 Å². The number of allylic oxidation sites excluding steroid dienone is 1. The fraction of sp³-hybridized carbons (Fsp3) is 0.400. The first-order valence-electron chi connectivity index (χ1n) is 5.90. The Hall–Kier alpha value is -1.57. The molecule has 0 saturated carbocycles. The number of ether oxygens (including phenoxy) is 1. The van der Waals surface area contributed by atoms with Crippen LogP contribution in [0.15, 0.2) is 36.9 Å². The van der Waals surface area contributed by atoms with E-state index in [2.05, 4.69) is 20.4 Å². The molecule has 0 bridgehead atoms. The van der Waals surface area contributed by atoms with Gasteiger partial charge in [-0.25, -0.2) is 4.79 Å². The Labute approximate surface area is 104 Å². The summed E-state index contributed by atoms with van der Waals surface area (Å²) < 4.78 is 4.89. The van der Waals surface area contributed by atoms with Crippen LogP contribution < -0.4 is 0 Å². The van der Waals surface area contributed by atoms with Gasteiger partial charge in [0.15, 0.2) is 0 Å². The first kappa shape index (κ1) is 15.4. The Kier molecular flexibility index (Phi) is 7.78. The summed E-state index contributed by atoms with van der Waals surface area (Å²) in [7, 11) is 0. The summed E-state index contributed by atoms with van der Waals surface area (Å²) in [5.74, 6) is 0.244. The van der Waals surface area contributed by atoms with Gasteiger partial charge in [0.25, 0.3) is 0 Å². The quantitative estimate of drug-likeness (QED) is 0.579. The van der Waals surface area contributed by atoms with Gasteiger partial charge < -0.3 is 4.74 Å². The Morgan fingerprint density at radius 2 is 1.82 bits per heavy atom. The van der Waals surface area contributed by atoms with E-state index in [-0.39, 0.29) is 5.97 Å². The summed E-state index contributed by atoms with van der Waals surface area (Å²) in [6, 6.07) is 7.56. The van der Waals surface area contributed by atoms with Gasteiger partial charge in [-0.1, -0.05) is 32.1 Å². The third-order valence-corrected chi connectivity index (χ3v) is 2.09. The molecule has 0 N–H and O–H groups in total. The zero-order valence-corrected chi connectivity index (χ0v) is 11.2. The van der Waals surface area contributed by atoms with Crippen molar-refractivity contribution in [1.82, 2.24) is 0 Å². The van der Waals surface area contributed by atoms with E-state index in [0.717, 1.165) is 0 Å². The van der Waals surface area contributed by atoms with Crippen molar-refractivity contribution in [3.8, 4) is 0 Å². The van der Waals surface area contributed by atoms with Crippen LogP contribution in [0, 0.1) is 0 Å². The first-order valence-corrected chi connectivity index (χ1v) is 5.90. The zero-order valence-electron chi connectivity index (χ0n) is 11.2. The lowest BCUT2D eigenvalue weighted by molar-refractivity contribution is 0.0526. The predicted octanol–water partition coefficient (Wildman–Crippen LogP) is 4.18. The summed E-state index contributed by atoms with van der Waals surface area (Å²) in [4.78, 5) is 11.3. The van der Waals surface area contributed by atoms with Crippen molar-refractivity contribution >= 4 is 5.97 Å². The molecule has 0 saturated heterocycles. The highest BCUT2D eigenvalue weighted by Crippen LogP contribution is 2.14. The molecule has 0 aromatic heterocycles. The molecule has 0 radical (unpaired) electrons. The number of benzene rings is 1. The molecular weight excluding hydrogens is 212 g/mol. The van der Waals surface area contributed by atoms with E-state index in [4.69, 9.17) is 4.74 Å². The topological polar surface area (TPSA) is 26.3 Å². The smallest absolute Gasteiger partial charge is 0.338 e. The lowest BCUT2D eigenvalue weighted by atomic mass is 10.0. The van der Waals surface area contributed by atoms with Gasteiger partial charge in [-0.15, -0.1) is 6.58 Å². The minimum atomic E-state index is -0.247. The summed E-state index contributed by atoms with van der Waals surface area (Å²) in [6.45, 7) is 11.7. The third-order valence-electron chi connectivity index (χ3n) is 2.09. The molecule has 17 heavy (non-hydrogen) atoms. The van der Waals surface area contributed by atoms with E-state index in [1.165, 1.54) is 5.56 Å². The molecule has 1 rings (SSSR count). The minimum absolute atomic E-state index is 0.247. The molecule has 94 valence electrons. The van der Waals surface area contributed by atoms with Gasteiger partial charge in [0, 0.05) is 0 Å². The van der Waals surface area contributed by atoms with Crippen molar-refractivity contribution in [3.63, 3.8) is 0 Å². The molecule has 0 aliphatic heterocycles. The van der Waals surface area contributed by atoms with Crippen LogP contribution in [-0.4, -0.2) is 12.6 Å². The monoisotopic (exact) mass is 234 g/mol. The molecule has 0 heterocycles. The minimum Gasteiger partial charge on any atom is -0.462 e. The summed E-state index contributed by atoms with van der Waals surface area (Å²) in [6.07, 6.45) is 1.75. The van der Waals surface area contributed by atoms with Crippen molar-refractivity contribution in [2.24, 2.45) is 0 Å². The van der Waals surface area contributed by atoms with Gasteiger partial charge in [0.1, 0.15) is 0 Å². The third kappa shape index (κ3) is 5.91. The molecule has 1 aromatic carbocycles. The number of hydrogen-bond acceptors (Lipinski definition) is 2. The number of rotatable bonds is 3. The summed E-state index contributed by atoms with van der Waals surface area (Å²) in [5.41, 5.74) is 1.86. The normalized spacial score (nSPS) is 9.24. The Bertz CT molecular complexity index is 336. The van der Waals surface area contributed by atoms with Crippen LogP contribution in [0.3, 0.4) is 0 Å². The highest BCUT2D eigenvalue weighted by Gasteiger charge is 2.06. The van der Waals surface area contributed by atoms with Gasteiger partial charge in [0.05, 0.1) is 12.2 Å². The highest BCUT2D eigenvalue weighted by atomic mass is 16.5. The molecule has 2 heteroatoms. The second kappa shape index (κ2) is 8.57. The van der Waals surface area contributed by atoms with Crippen LogP contribution >= 0.6 is 0 Å². The Morgan fingerprint density at radius 3 is 2.18 bits per heavy atom. The molecule has 0 fully saturated rings. The second-order valence-electron chi connectivity index (χ2n) is 3.91. The second-order valence-corrected chi connectivity index (χ2v) is 3.91. The van der Waals surface area contributed by atoms with Crippen LogP contribution in [0.5, 0.6) is 0 Å². The number of carbonyl (C=O) groups is 1. The predicted molar refractivity (Wildman–Crippen MR) is 72.4 cm³/mol. The average molecular weight is 234 g/mol. The summed E-state index contributed by atoms with van der Waals surface area (Å²) >= 11 is 0. The van der Waals surface area contributed by atoms with Gasteiger partial charge >= 0.3 is 5.97 Å². The van der Waals surface area contributed by atoms with Crippen molar-refractivity contribution < 1.29 is 9.53 Å². The standard InChI is InChI=1S/C12H16O2.C3H6/c1-4-14-12(13)11-7-5-10(6-8-11)9(2)3;1-3-2/h5-9H,4H2,1-3H3;3H,1H2,2H3. The first-order chi connectivity index (χ1) is 8.06. The molecule has 1 aromatic rings. The molecule has 2 nitrogen and oxygen atoms in total. The lowest BCUT2D eigenvalue weighted by Crippen LogP contribution is -2.04. The fourth-order valence-electron chi connectivity index (χ4n) is 1.22. The molecular formula is C15H22O2. The molecule has 0 amide bonds. The van der Waals surface area contributed by atoms with Crippen LogP contribution in [0.1, 0.15) is 49.5 Å². The fourth-order valence-corrected chi connectivity index (χ4v) is 1.22. The molecule has 0 atom stereocenters. The number of carbonyl (C=O) groups excluding carboxylic acids is 1. The van der Waals surface area contributed by atoms with E-state index < -0.39 is 0 Å². The Morgan fingerprint density at radius 1 is 1.35 bits per heavy atom. The van der Waals surface area contributed by atoms with E-state index in [0.29, 0.717) is 18.1 Å². The SMILES string of the molecule is C=CC.CCOC(=O)c1ccc(C(C)C)cc1. The van der Waals surface area contributed by atoms with Crippen LogP contribution in [0.2, 0.25) is 0 Å². The zero-order chi connectivity index (χ0) is 13.3. The van der Waals surface area contributed by atoms with E-state index in [1.807, 2.05) is 31.2 Å². The number of esters is 1. The van der Waals surface area contributed by atoms with Crippen molar-refractivity contribution in [3.05, 3.63) is 48.0 Å². The largest absolute Gasteiger partial charge is 0.462 e. The average Bonchev–Trinajstić information content (AvgIpc) is 2.30. The van der Waals surface area contributed by atoms with Crippen LogP contribution in [-0.2, 0) is 4.74 Å². The van der Waals surface area contributed by atoms with Crippen molar-refractivity contribution in [2.75, 3.05) is 6.61 Å².